The Hall–Kier alpha value is -0.910. The molecule has 2 atom stereocenters. The van der Waals surface area contributed by atoms with Gasteiger partial charge in [-0.3, -0.25) is 0 Å². The van der Waals surface area contributed by atoms with Crippen molar-refractivity contribution in [1.82, 2.24) is 4.31 Å². The summed E-state index contributed by atoms with van der Waals surface area (Å²) in [5, 5.41) is 0. The lowest BCUT2D eigenvalue weighted by Gasteiger charge is -2.25. The van der Waals surface area contributed by atoms with E-state index >= 15 is 0 Å². The quantitative estimate of drug-likeness (QED) is 0.917. The van der Waals surface area contributed by atoms with E-state index in [1.54, 1.807) is 10.4 Å². The summed E-state index contributed by atoms with van der Waals surface area (Å²) < 4.78 is 27.2. The van der Waals surface area contributed by atoms with Crippen LogP contribution in [0.4, 0.5) is 0 Å². The van der Waals surface area contributed by atoms with Gasteiger partial charge in [-0.1, -0.05) is 19.1 Å². The lowest BCUT2D eigenvalue weighted by Crippen LogP contribution is -2.42. The molecule has 4 nitrogen and oxygen atoms in total. The Morgan fingerprint density at radius 1 is 1.37 bits per heavy atom. The van der Waals surface area contributed by atoms with Crippen LogP contribution in [0.15, 0.2) is 23.1 Å². The average molecular weight is 282 g/mol. The smallest absolute Gasteiger partial charge is 0.243 e. The van der Waals surface area contributed by atoms with Crippen molar-refractivity contribution >= 4 is 10.0 Å². The van der Waals surface area contributed by atoms with Crippen LogP contribution in [0, 0.1) is 19.8 Å². The summed E-state index contributed by atoms with van der Waals surface area (Å²) >= 11 is 0. The number of nitrogens with zero attached hydrogens (tertiary/aromatic N) is 1. The third-order valence-corrected chi connectivity index (χ3v) is 6.07. The minimum atomic E-state index is -3.43. The van der Waals surface area contributed by atoms with Crippen LogP contribution in [0.3, 0.4) is 0 Å². The maximum atomic E-state index is 12.8. The second kappa shape index (κ2) is 5.23. The average Bonchev–Trinajstić information content (AvgIpc) is 2.74. The van der Waals surface area contributed by atoms with Crippen molar-refractivity contribution in [3.05, 3.63) is 29.3 Å². The SMILES string of the molecule is Cc1ccc(C)c(S(=O)(=O)N2CCC(C)C2CN)c1. The van der Waals surface area contributed by atoms with Crippen LogP contribution in [0.5, 0.6) is 0 Å². The number of rotatable bonds is 3. The van der Waals surface area contributed by atoms with E-state index < -0.39 is 10.0 Å². The summed E-state index contributed by atoms with van der Waals surface area (Å²) in [5.41, 5.74) is 7.50. The van der Waals surface area contributed by atoms with E-state index in [9.17, 15) is 8.42 Å². The highest BCUT2D eigenvalue weighted by Crippen LogP contribution is 2.31. The normalized spacial score (nSPS) is 24.8. The van der Waals surface area contributed by atoms with E-state index in [0.717, 1.165) is 17.5 Å². The van der Waals surface area contributed by atoms with E-state index in [1.807, 2.05) is 26.0 Å². The minimum absolute atomic E-state index is 0.0788. The molecule has 2 unspecified atom stereocenters. The van der Waals surface area contributed by atoms with Gasteiger partial charge in [0.05, 0.1) is 4.90 Å². The summed E-state index contributed by atoms with van der Waals surface area (Å²) in [6.45, 7) is 6.76. The van der Waals surface area contributed by atoms with Gasteiger partial charge in [0.1, 0.15) is 0 Å². The van der Waals surface area contributed by atoms with Crippen molar-refractivity contribution in [3.8, 4) is 0 Å². The van der Waals surface area contributed by atoms with Crippen molar-refractivity contribution < 1.29 is 8.42 Å². The van der Waals surface area contributed by atoms with Crippen molar-refractivity contribution in [2.75, 3.05) is 13.1 Å². The van der Waals surface area contributed by atoms with Gasteiger partial charge in [0, 0.05) is 19.1 Å². The third-order valence-electron chi connectivity index (χ3n) is 4.00. The molecule has 1 aromatic rings. The summed E-state index contributed by atoms with van der Waals surface area (Å²) in [5.74, 6) is 0.324. The molecular formula is C14H22N2O2S. The second-order valence-electron chi connectivity index (χ2n) is 5.45. The van der Waals surface area contributed by atoms with Crippen LogP contribution >= 0.6 is 0 Å². The van der Waals surface area contributed by atoms with Crippen LogP contribution < -0.4 is 5.73 Å². The molecule has 1 aromatic carbocycles. The van der Waals surface area contributed by atoms with Gasteiger partial charge in [0.15, 0.2) is 0 Å². The van der Waals surface area contributed by atoms with Gasteiger partial charge in [-0.2, -0.15) is 4.31 Å². The number of aryl methyl sites for hydroxylation is 2. The molecule has 0 aliphatic carbocycles. The van der Waals surface area contributed by atoms with Crippen LogP contribution in [0.1, 0.15) is 24.5 Å². The zero-order valence-corrected chi connectivity index (χ0v) is 12.6. The summed E-state index contributed by atoms with van der Waals surface area (Å²) in [6.07, 6.45) is 0.881. The molecule has 1 aliphatic rings. The van der Waals surface area contributed by atoms with E-state index in [-0.39, 0.29) is 6.04 Å². The minimum Gasteiger partial charge on any atom is -0.329 e. The molecular weight excluding hydrogens is 260 g/mol. The second-order valence-corrected chi connectivity index (χ2v) is 7.31. The molecule has 2 rings (SSSR count). The van der Waals surface area contributed by atoms with E-state index in [2.05, 4.69) is 6.92 Å². The Balaban J connectivity index is 2.45. The Labute approximate surface area is 115 Å². The fraction of sp³-hybridized carbons (Fsp3) is 0.571. The van der Waals surface area contributed by atoms with Crippen molar-refractivity contribution in [3.63, 3.8) is 0 Å². The highest BCUT2D eigenvalue weighted by Gasteiger charge is 2.39. The molecule has 1 fully saturated rings. The zero-order chi connectivity index (χ0) is 14.2. The molecule has 0 amide bonds. The third kappa shape index (κ3) is 2.55. The number of hydrogen-bond donors (Lipinski definition) is 1. The first-order valence-electron chi connectivity index (χ1n) is 6.67. The van der Waals surface area contributed by atoms with E-state index in [4.69, 9.17) is 5.73 Å². The Kier molecular flexibility index (Phi) is 3.99. The molecule has 1 aliphatic heterocycles. The summed E-state index contributed by atoms with van der Waals surface area (Å²) in [7, 11) is -3.43. The van der Waals surface area contributed by atoms with Gasteiger partial charge in [0.2, 0.25) is 10.0 Å². The number of hydrogen-bond acceptors (Lipinski definition) is 3. The van der Waals surface area contributed by atoms with E-state index in [1.165, 1.54) is 0 Å². The Bertz CT molecular complexity index is 569. The monoisotopic (exact) mass is 282 g/mol. The van der Waals surface area contributed by atoms with Crippen molar-refractivity contribution in [1.29, 1.82) is 0 Å². The van der Waals surface area contributed by atoms with Crippen LogP contribution in [-0.2, 0) is 10.0 Å². The Morgan fingerprint density at radius 2 is 2.05 bits per heavy atom. The maximum absolute atomic E-state index is 12.8. The summed E-state index contributed by atoms with van der Waals surface area (Å²) in [6, 6.07) is 5.46. The largest absolute Gasteiger partial charge is 0.329 e. The van der Waals surface area contributed by atoms with Gasteiger partial charge in [-0.05, 0) is 43.4 Å². The first-order valence-corrected chi connectivity index (χ1v) is 8.11. The van der Waals surface area contributed by atoms with Crippen LogP contribution in [-0.4, -0.2) is 31.9 Å². The molecule has 1 saturated heterocycles. The number of sulfonamides is 1. The number of nitrogens with two attached hydrogens (primary N) is 1. The van der Waals surface area contributed by atoms with Gasteiger partial charge in [-0.25, -0.2) is 8.42 Å². The first kappa shape index (κ1) is 14.5. The molecule has 0 bridgehead atoms. The lowest BCUT2D eigenvalue weighted by atomic mass is 10.0. The highest BCUT2D eigenvalue weighted by atomic mass is 32.2. The molecule has 0 spiro atoms. The molecule has 2 N–H and O–H groups in total. The van der Waals surface area contributed by atoms with Crippen molar-refractivity contribution in [2.24, 2.45) is 11.7 Å². The zero-order valence-electron chi connectivity index (χ0n) is 11.8. The number of benzene rings is 1. The van der Waals surface area contributed by atoms with Gasteiger partial charge in [-0.15, -0.1) is 0 Å². The Morgan fingerprint density at radius 3 is 2.68 bits per heavy atom. The summed E-state index contributed by atoms with van der Waals surface area (Å²) in [4.78, 5) is 0.417. The molecule has 19 heavy (non-hydrogen) atoms. The molecule has 0 saturated carbocycles. The van der Waals surface area contributed by atoms with Gasteiger partial charge in [0.25, 0.3) is 0 Å². The molecule has 106 valence electrons. The molecule has 5 heteroatoms. The van der Waals surface area contributed by atoms with Crippen LogP contribution in [0.2, 0.25) is 0 Å². The molecule has 1 heterocycles. The van der Waals surface area contributed by atoms with Crippen LogP contribution in [0.25, 0.3) is 0 Å². The highest BCUT2D eigenvalue weighted by molar-refractivity contribution is 7.89. The fourth-order valence-electron chi connectivity index (χ4n) is 2.73. The van der Waals surface area contributed by atoms with E-state index in [0.29, 0.717) is 23.9 Å². The fourth-order valence-corrected chi connectivity index (χ4v) is 4.79. The van der Waals surface area contributed by atoms with Gasteiger partial charge >= 0.3 is 0 Å². The lowest BCUT2D eigenvalue weighted by molar-refractivity contribution is 0.354. The van der Waals surface area contributed by atoms with Gasteiger partial charge < -0.3 is 5.73 Å². The topological polar surface area (TPSA) is 63.4 Å². The van der Waals surface area contributed by atoms with Crippen molar-refractivity contribution in [2.45, 2.75) is 38.1 Å². The predicted molar refractivity (Wildman–Crippen MR) is 76.4 cm³/mol. The molecule has 0 radical (unpaired) electrons. The molecule has 0 aromatic heterocycles. The standard InChI is InChI=1S/C14H22N2O2S/c1-10-4-5-12(3)14(8-10)19(17,18)16-7-6-11(2)13(16)9-15/h4-5,8,11,13H,6-7,9,15H2,1-3H3. The first-order chi connectivity index (χ1) is 8.87. The maximum Gasteiger partial charge on any atom is 0.243 e. The predicted octanol–water partition coefficient (Wildman–Crippen LogP) is 1.66.